The van der Waals surface area contributed by atoms with Gasteiger partial charge in [-0.1, -0.05) is 55.7 Å². The third kappa shape index (κ3) is 9.62. The highest BCUT2D eigenvalue weighted by Gasteiger charge is 2.41. The lowest BCUT2D eigenvalue weighted by molar-refractivity contribution is -0.133. The number of likely N-dealkylation sites (tertiary alicyclic amines) is 1. The summed E-state index contributed by atoms with van der Waals surface area (Å²) in [5, 5.41) is 18.0. The molecular formula is C33H49N5O3. The smallest absolute Gasteiger partial charge is 0.237 e. The summed E-state index contributed by atoms with van der Waals surface area (Å²) in [5.74, 6) is 1.01. The highest BCUT2D eigenvalue weighted by molar-refractivity contribution is 5.82. The van der Waals surface area contributed by atoms with E-state index in [1.165, 1.54) is 25.7 Å². The van der Waals surface area contributed by atoms with E-state index in [0.717, 1.165) is 24.1 Å². The number of hydrogen-bond donors (Lipinski definition) is 3. The first-order chi connectivity index (χ1) is 19.6. The van der Waals surface area contributed by atoms with Crippen molar-refractivity contribution in [1.29, 1.82) is 0 Å². The first-order valence-corrected chi connectivity index (χ1v) is 15.2. The number of benzene rings is 1. The number of amides is 2. The van der Waals surface area contributed by atoms with Gasteiger partial charge in [0.1, 0.15) is 0 Å². The Morgan fingerprint density at radius 1 is 1.07 bits per heavy atom. The lowest BCUT2D eigenvalue weighted by Crippen LogP contribution is -2.60. The summed E-state index contributed by atoms with van der Waals surface area (Å²) in [6.45, 7) is 7.98. The van der Waals surface area contributed by atoms with Gasteiger partial charge in [0.05, 0.1) is 24.7 Å². The number of hydrogen-bond acceptors (Lipinski definition) is 6. The normalized spacial score (nSPS) is 22.9. The van der Waals surface area contributed by atoms with Crippen molar-refractivity contribution < 1.29 is 14.7 Å². The number of β-amino-alcohol motifs (C(OH)–C–C–N with tert-alkyl or cyclic N) is 1. The molecule has 41 heavy (non-hydrogen) atoms. The van der Waals surface area contributed by atoms with E-state index in [1.54, 1.807) is 12.4 Å². The maximum absolute atomic E-state index is 13.5. The van der Waals surface area contributed by atoms with Crippen LogP contribution in [-0.4, -0.2) is 82.1 Å². The Kier molecular flexibility index (Phi) is 10.9. The van der Waals surface area contributed by atoms with E-state index in [-0.39, 0.29) is 29.9 Å². The molecule has 0 radical (unpaired) electrons. The number of nitrogens with zero attached hydrogens (tertiary/aromatic N) is 3. The van der Waals surface area contributed by atoms with E-state index < -0.39 is 12.1 Å². The lowest BCUT2D eigenvalue weighted by atomic mass is 9.72. The molecule has 1 saturated heterocycles. The molecule has 224 valence electrons. The molecular weight excluding hydrogens is 514 g/mol. The van der Waals surface area contributed by atoms with Crippen molar-refractivity contribution in [2.45, 2.75) is 89.6 Å². The van der Waals surface area contributed by atoms with Gasteiger partial charge in [-0.25, -0.2) is 0 Å². The number of pyridine rings is 1. The van der Waals surface area contributed by atoms with Gasteiger partial charge in [0.15, 0.2) is 0 Å². The van der Waals surface area contributed by atoms with Crippen LogP contribution in [0.2, 0.25) is 0 Å². The topological polar surface area (TPSA) is 97.8 Å². The zero-order valence-electron chi connectivity index (χ0n) is 25.3. The fourth-order valence-electron chi connectivity index (χ4n) is 6.50. The molecule has 2 aliphatic rings. The Morgan fingerprint density at radius 2 is 1.78 bits per heavy atom. The molecule has 1 aliphatic heterocycles. The van der Waals surface area contributed by atoms with Gasteiger partial charge >= 0.3 is 0 Å². The summed E-state index contributed by atoms with van der Waals surface area (Å²) >= 11 is 0. The van der Waals surface area contributed by atoms with Crippen LogP contribution in [0.25, 0.3) is 0 Å². The Morgan fingerprint density at radius 3 is 2.46 bits per heavy atom. The van der Waals surface area contributed by atoms with Crippen molar-refractivity contribution in [1.82, 2.24) is 25.4 Å². The molecule has 0 bridgehead atoms. The third-order valence-corrected chi connectivity index (χ3v) is 8.42. The summed E-state index contributed by atoms with van der Waals surface area (Å²) in [6, 6.07) is 13.1. The molecule has 8 nitrogen and oxygen atoms in total. The van der Waals surface area contributed by atoms with Gasteiger partial charge in [-0.15, -0.1) is 0 Å². The van der Waals surface area contributed by atoms with Crippen LogP contribution >= 0.6 is 0 Å². The Bertz CT molecular complexity index is 1110. The molecule has 0 spiro atoms. The number of likely N-dealkylation sites (N-methyl/N-ethyl adjacent to an activating group) is 1. The van der Waals surface area contributed by atoms with Crippen LogP contribution in [0.5, 0.6) is 0 Å². The van der Waals surface area contributed by atoms with Crippen molar-refractivity contribution in [3.63, 3.8) is 0 Å². The summed E-state index contributed by atoms with van der Waals surface area (Å²) < 4.78 is 0. The van der Waals surface area contributed by atoms with Crippen LogP contribution in [-0.2, 0) is 22.6 Å². The van der Waals surface area contributed by atoms with Gasteiger partial charge in [-0.3, -0.25) is 24.4 Å². The number of piperidine rings is 1. The molecule has 1 aliphatic carbocycles. The quantitative estimate of drug-likeness (QED) is 0.388. The lowest BCUT2D eigenvalue weighted by Gasteiger charge is -2.47. The highest BCUT2D eigenvalue weighted by atomic mass is 16.3. The fourth-order valence-corrected chi connectivity index (χ4v) is 6.50. The van der Waals surface area contributed by atoms with Crippen LogP contribution in [0.4, 0.5) is 0 Å². The minimum absolute atomic E-state index is 0.0365. The SMILES string of the molecule is CN(CC(=O)NC(Cc1ccccc1)C(O)CN1CC2CCCCC2CC1C(=O)NC(C)(C)C)Cc1cccnc1. The van der Waals surface area contributed by atoms with Crippen molar-refractivity contribution in [3.05, 3.63) is 66.0 Å². The van der Waals surface area contributed by atoms with Gasteiger partial charge in [-0.2, -0.15) is 0 Å². The van der Waals surface area contributed by atoms with Crippen LogP contribution in [0.1, 0.15) is 64.0 Å². The number of rotatable bonds is 11. The number of fused-ring (bicyclic) bond motifs is 1. The minimum atomic E-state index is -0.826. The standard InChI is InChI=1S/C33H49N5O3/c1-33(2,3)36-32(41)29-18-26-14-8-9-15-27(26)21-38(29)22-30(39)28(17-24-11-6-5-7-12-24)35-31(40)23-37(4)20-25-13-10-16-34-19-25/h5-7,10-13,16,19,26-30,39H,8-9,14-15,17-18,20-23H2,1-4H3,(H,35,40)(H,36,41). The van der Waals surface area contributed by atoms with Gasteiger partial charge in [0, 0.05) is 37.6 Å². The molecule has 5 unspecified atom stereocenters. The number of aliphatic hydroxyl groups is 1. The van der Waals surface area contributed by atoms with Crippen LogP contribution in [0, 0.1) is 11.8 Å². The van der Waals surface area contributed by atoms with Crippen molar-refractivity contribution in [2.24, 2.45) is 11.8 Å². The average molecular weight is 564 g/mol. The summed E-state index contributed by atoms with van der Waals surface area (Å²) in [6.07, 6.45) is 8.88. The Balaban J connectivity index is 1.46. The number of aliphatic hydroxyl groups excluding tert-OH is 1. The van der Waals surface area contributed by atoms with Crippen LogP contribution in [0.3, 0.4) is 0 Å². The van der Waals surface area contributed by atoms with Crippen molar-refractivity contribution >= 4 is 11.8 Å². The molecule has 5 atom stereocenters. The number of carbonyl (C=O) groups is 2. The van der Waals surface area contributed by atoms with Gasteiger partial charge in [0.2, 0.25) is 11.8 Å². The second-order valence-corrected chi connectivity index (χ2v) is 13.2. The van der Waals surface area contributed by atoms with Crippen LogP contribution in [0.15, 0.2) is 54.9 Å². The predicted molar refractivity (Wildman–Crippen MR) is 162 cm³/mol. The molecule has 2 fully saturated rings. The Hall–Kier alpha value is -2.81. The molecule has 2 heterocycles. The third-order valence-electron chi connectivity index (χ3n) is 8.42. The van der Waals surface area contributed by atoms with Crippen molar-refractivity contribution in [3.8, 4) is 0 Å². The Labute approximate surface area is 245 Å². The van der Waals surface area contributed by atoms with E-state index in [2.05, 4.69) is 20.5 Å². The van der Waals surface area contributed by atoms with E-state index >= 15 is 0 Å². The van der Waals surface area contributed by atoms with Gasteiger partial charge < -0.3 is 15.7 Å². The van der Waals surface area contributed by atoms with E-state index in [4.69, 9.17) is 0 Å². The monoisotopic (exact) mass is 563 g/mol. The largest absolute Gasteiger partial charge is 0.390 e. The molecule has 4 rings (SSSR count). The second kappa shape index (κ2) is 14.4. The van der Waals surface area contributed by atoms with Gasteiger partial charge in [-0.05, 0) is 76.1 Å². The summed E-state index contributed by atoms with van der Waals surface area (Å²) in [4.78, 5) is 35.0. The first-order valence-electron chi connectivity index (χ1n) is 15.2. The summed E-state index contributed by atoms with van der Waals surface area (Å²) in [5.41, 5.74) is 1.76. The first kappa shape index (κ1) is 31.1. The molecule has 2 amide bonds. The number of aromatic nitrogens is 1. The van der Waals surface area contributed by atoms with Crippen molar-refractivity contribution in [2.75, 3.05) is 26.7 Å². The minimum Gasteiger partial charge on any atom is -0.390 e. The zero-order valence-corrected chi connectivity index (χ0v) is 25.3. The molecule has 3 N–H and O–H groups in total. The molecule has 1 saturated carbocycles. The highest BCUT2D eigenvalue weighted by Crippen LogP contribution is 2.39. The number of carbonyl (C=O) groups excluding carboxylic acids is 2. The van der Waals surface area contributed by atoms with E-state index in [1.807, 2.05) is 75.2 Å². The molecule has 1 aromatic carbocycles. The molecule has 1 aromatic heterocycles. The maximum Gasteiger partial charge on any atom is 0.237 e. The van der Waals surface area contributed by atoms with E-state index in [0.29, 0.717) is 31.3 Å². The number of nitrogens with one attached hydrogen (secondary N) is 2. The summed E-state index contributed by atoms with van der Waals surface area (Å²) in [7, 11) is 1.90. The average Bonchev–Trinajstić information content (AvgIpc) is 2.92. The second-order valence-electron chi connectivity index (χ2n) is 13.2. The fraction of sp³-hybridized carbons (Fsp3) is 0.606. The predicted octanol–water partition coefficient (Wildman–Crippen LogP) is 3.40. The van der Waals surface area contributed by atoms with Gasteiger partial charge in [0.25, 0.3) is 0 Å². The van der Waals surface area contributed by atoms with E-state index in [9.17, 15) is 14.7 Å². The maximum atomic E-state index is 13.5. The molecule has 2 aromatic rings. The molecule has 8 heteroatoms. The zero-order chi connectivity index (χ0) is 29.4. The van der Waals surface area contributed by atoms with Crippen LogP contribution < -0.4 is 10.6 Å².